The molecule has 68 heavy (non-hydrogen) atoms. The number of carbonyl (C=O) groups excluding carboxylic acids is 5. The number of nitrogens with two attached hydrogens (primary N) is 1. The van der Waals surface area contributed by atoms with Crippen LogP contribution in [-0.2, 0) is 49.8 Å². The molecule has 0 radical (unpaired) electrons. The first-order valence-corrected chi connectivity index (χ1v) is 23.1. The van der Waals surface area contributed by atoms with Crippen molar-refractivity contribution < 1.29 is 55.1 Å². The lowest BCUT2D eigenvalue weighted by atomic mass is 10.1. The lowest BCUT2D eigenvalue weighted by Gasteiger charge is -2.23. The molecule has 2 aliphatic heterocycles. The van der Waals surface area contributed by atoms with Crippen LogP contribution in [0.3, 0.4) is 0 Å². The molecular weight excluding hydrogens is 958 g/mol. The smallest absolute Gasteiger partial charge is 0.405 e. The molecule has 4 aromatic carbocycles. The summed E-state index contributed by atoms with van der Waals surface area (Å²) >= 11 is 2.80. The van der Waals surface area contributed by atoms with Crippen molar-refractivity contribution in [2.24, 2.45) is 5.73 Å². The first-order valence-electron chi connectivity index (χ1n) is 21.0. The Balaban J connectivity index is 0.000000392. The first-order chi connectivity index (χ1) is 31.3. The molecule has 0 spiro atoms. The van der Waals surface area contributed by atoms with Gasteiger partial charge in [-0.2, -0.15) is 0 Å². The average molecular weight is 1020 g/mol. The van der Waals surface area contributed by atoms with Gasteiger partial charge < -0.3 is 37.1 Å². The van der Waals surface area contributed by atoms with Crippen LogP contribution in [0, 0.1) is 34.9 Å². The second kappa shape index (κ2) is 28.8. The van der Waals surface area contributed by atoms with Crippen LogP contribution in [-0.4, -0.2) is 80.5 Å². The maximum Gasteiger partial charge on any atom is 0.405 e. The van der Waals surface area contributed by atoms with Gasteiger partial charge in [0.15, 0.2) is 34.0 Å². The fourth-order valence-corrected chi connectivity index (χ4v) is 8.92. The van der Waals surface area contributed by atoms with Crippen molar-refractivity contribution in [2.45, 2.75) is 88.7 Å². The Bertz CT molecular complexity index is 2140. The summed E-state index contributed by atoms with van der Waals surface area (Å²) < 4.78 is 84.5. The number of primary amides is 1. The molecule has 2 atom stereocenters. The number of amides is 5. The molecule has 0 saturated carbocycles. The molecule has 2 aliphatic rings. The van der Waals surface area contributed by atoms with Crippen molar-refractivity contribution in [1.29, 1.82) is 0 Å². The Hall–Kier alpha value is -5.44. The minimum Gasteiger partial charge on any atom is -0.444 e. The van der Waals surface area contributed by atoms with Crippen molar-refractivity contribution >= 4 is 65.7 Å². The number of benzene rings is 4. The number of thioether (sulfide) groups is 2. The second-order valence-electron chi connectivity index (χ2n) is 16.0. The molecule has 6 rings (SSSR count). The van der Waals surface area contributed by atoms with Gasteiger partial charge in [0.1, 0.15) is 17.2 Å². The zero-order valence-electron chi connectivity index (χ0n) is 37.8. The van der Waals surface area contributed by atoms with E-state index in [0.717, 1.165) is 23.3 Å². The van der Waals surface area contributed by atoms with Gasteiger partial charge in [0.05, 0.1) is 0 Å². The molecular formula is C47H57ClF6N6O6S2. The van der Waals surface area contributed by atoms with E-state index in [1.807, 2.05) is 60.7 Å². The predicted molar refractivity (Wildman–Crippen MR) is 254 cm³/mol. The van der Waals surface area contributed by atoms with Crippen molar-refractivity contribution in [3.05, 3.63) is 142 Å². The van der Waals surface area contributed by atoms with Crippen molar-refractivity contribution in [3.63, 3.8) is 0 Å². The van der Waals surface area contributed by atoms with Crippen molar-refractivity contribution in [2.75, 3.05) is 24.6 Å². The molecule has 2 fully saturated rings. The molecule has 2 saturated heterocycles. The quantitative estimate of drug-likeness (QED) is 0.0708. The average Bonchev–Trinajstić information content (AvgIpc) is 3.98. The number of hydrogen-bond donors (Lipinski definition) is 4. The van der Waals surface area contributed by atoms with E-state index in [1.54, 1.807) is 20.8 Å². The molecule has 0 aromatic heterocycles. The molecule has 2 unspecified atom stereocenters. The van der Waals surface area contributed by atoms with Gasteiger partial charge in [-0.3, -0.25) is 19.2 Å². The topological polar surface area (TPSA) is 186 Å². The number of ether oxygens (including phenoxy) is 1. The second-order valence-corrected chi connectivity index (χ2v) is 18.4. The Kier molecular flexibility index (Phi) is 24.8. The van der Waals surface area contributed by atoms with E-state index in [2.05, 4.69) is 15.4 Å². The summed E-state index contributed by atoms with van der Waals surface area (Å²) in [6.07, 6.45) is 0.253. The highest BCUT2D eigenvalue weighted by molar-refractivity contribution is 8.01. The monoisotopic (exact) mass is 1010 g/mol. The van der Waals surface area contributed by atoms with Gasteiger partial charge in [0.25, 0.3) is 11.8 Å². The van der Waals surface area contributed by atoms with E-state index in [4.69, 9.17) is 5.73 Å². The normalized spacial score (nSPS) is 15.0. The van der Waals surface area contributed by atoms with Crippen LogP contribution in [0.4, 0.5) is 31.1 Å². The Morgan fingerprint density at radius 3 is 1.29 bits per heavy atom. The van der Waals surface area contributed by atoms with Crippen molar-refractivity contribution in [3.8, 4) is 0 Å². The molecule has 0 aliphatic carbocycles. The Labute approximate surface area is 406 Å². The summed E-state index contributed by atoms with van der Waals surface area (Å²) in [4.78, 5) is 63.1. The minimum atomic E-state index is -1.24. The molecule has 372 valence electrons. The molecule has 12 nitrogen and oxygen atoms in total. The van der Waals surface area contributed by atoms with Crippen LogP contribution in [0.15, 0.2) is 84.9 Å². The standard InChI is InChI=1S/2C21H21F3N2O2S.C5H11NO2.ClH.H3N/c2*22-16-12-18(24)17(23)11-15(16)7-4-8-19(27)26-9-10-29-21(26)20(28)25-13-14-5-2-1-3-6-14;1-5(2,3)8-4(6)7;;/h2*1-3,5-6,11-12,21H,4,7-10,13H2,(H,25,28);1-3H3,(H2,6,7);1H;1H3. The van der Waals surface area contributed by atoms with Gasteiger partial charge in [-0.25, -0.2) is 31.1 Å². The highest BCUT2D eigenvalue weighted by Crippen LogP contribution is 2.27. The maximum atomic E-state index is 13.7. The summed E-state index contributed by atoms with van der Waals surface area (Å²) in [5.41, 5.74) is 6.26. The largest absolute Gasteiger partial charge is 0.444 e. The zero-order valence-corrected chi connectivity index (χ0v) is 40.3. The van der Waals surface area contributed by atoms with Crippen LogP contribution in [0.1, 0.15) is 68.7 Å². The minimum absolute atomic E-state index is 0. The highest BCUT2D eigenvalue weighted by Gasteiger charge is 2.35. The van der Waals surface area contributed by atoms with E-state index in [9.17, 15) is 50.3 Å². The molecule has 21 heteroatoms. The fraction of sp³-hybridized carbons (Fsp3) is 0.383. The molecule has 2 heterocycles. The molecule has 5 amide bonds. The lowest BCUT2D eigenvalue weighted by Crippen LogP contribution is -2.44. The number of nitrogens with one attached hydrogen (secondary N) is 2. The summed E-state index contributed by atoms with van der Waals surface area (Å²) in [6.45, 7) is 6.98. The van der Waals surface area contributed by atoms with Crippen LogP contribution in [0.2, 0.25) is 0 Å². The van der Waals surface area contributed by atoms with Gasteiger partial charge in [0.2, 0.25) is 11.8 Å². The van der Waals surface area contributed by atoms with E-state index in [1.165, 1.54) is 33.3 Å². The maximum absolute atomic E-state index is 13.7. The number of rotatable bonds is 14. The zero-order chi connectivity index (χ0) is 48.4. The SMILES string of the molecule is CC(C)(C)OC(N)=O.Cl.N.O=C(NCc1ccccc1)C1SCCN1C(=O)CCCc1cc(F)c(F)cc1F.O=C(NCc1ccccc1)C1SCCN1C(=O)CCCc1cc(F)c(F)cc1F. The van der Waals surface area contributed by atoms with Crippen molar-refractivity contribution in [1.82, 2.24) is 26.6 Å². The van der Waals surface area contributed by atoms with Gasteiger partial charge >= 0.3 is 6.09 Å². The fourth-order valence-electron chi connectivity index (χ4n) is 6.59. The number of aryl methyl sites for hydroxylation is 2. The number of carbonyl (C=O) groups is 5. The molecule has 0 bridgehead atoms. The van der Waals surface area contributed by atoms with Crippen LogP contribution in [0.5, 0.6) is 0 Å². The number of hydrogen-bond acceptors (Lipinski definition) is 9. The summed E-state index contributed by atoms with van der Waals surface area (Å²) in [6, 6.07) is 21.6. The lowest BCUT2D eigenvalue weighted by molar-refractivity contribution is -0.136. The third-order valence-corrected chi connectivity index (χ3v) is 12.2. The third-order valence-electron chi connectivity index (χ3n) is 9.75. The molecule has 4 aromatic rings. The third kappa shape index (κ3) is 19.3. The number of nitrogens with zero attached hydrogens (tertiary/aromatic N) is 2. The van der Waals surface area contributed by atoms with Crippen LogP contribution < -0.4 is 22.5 Å². The predicted octanol–water partition coefficient (Wildman–Crippen LogP) is 8.75. The van der Waals surface area contributed by atoms with Gasteiger partial charge in [-0.15, -0.1) is 35.9 Å². The Morgan fingerprint density at radius 1 is 0.618 bits per heavy atom. The summed E-state index contributed by atoms with van der Waals surface area (Å²) in [5, 5.41) is 4.51. The first kappa shape index (κ1) is 58.7. The highest BCUT2D eigenvalue weighted by atomic mass is 35.5. The van der Waals surface area contributed by atoms with E-state index in [-0.39, 0.29) is 91.8 Å². The summed E-state index contributed by atoms with van der Waals surface area (Å²) in [7, 11) is 0. The summed E-state index contributed by atoms with van der Waals surface area (Å²) in [5.74, 6) is -5.90. The van der Waals surface area contributed by atoms with Crippen LogP contribution >= 0.6 is 35.9 Å². The van der Waals surface area contributed by atoms with Gasteiger partial charge in [-0.1, -0.05) is 60.7 Å². The van der Waals surface area contributed by atoms with Gasteiger partial charge in [0, 0.05) is 62.7 Å². The van der Waals surface area contributed by atoms with E-state index >= 15 is 0 Å². The van der Waals surface area contributed by atoms with E-state index < -0.39 is 57.3 Å². The van der Waals surface area contributed by atoms with Gasteiger partial charge in [-0.05, 0) is 80.8 Å². The number of halogens is 7. The Morgan fingerprint density at radius 2 is 0.971 bits per heavy atom. The van der Waals surface area contributed by atoms with Crippen LogP contribution in [0.25, 0.3) is 0 Å². The molecule has 7 N–H and O–H groups in total. The van der Waals surface area contributed by atoms with E-state index in [0.29, 0.717) is 49.8 Å².